The van der Waals surface area contributed by atoms with E-state index in [1.807, 2.05) is 6.92 Å². The van der Waals surface area contributed by atoms with Gasteiger partial charge in [-0.25, -0.2) is 13.1 Å². The molecule has 0 aliphatic heterocycles. The molecular weight excluding hydrogens is 246 g/mol. The number of hydrogen-bond acceptors (Lipinski definition) is 2. The second-order valence-electron chi connectivity index (χ2n) is 4.54. The van der Waals surface area contributed by atoms with Gasteiger partial charge in [0.15, 0.2) is 0 Å². The second kappa shape index (κ2) is 6.82. The lowest BCUT2D eigenvalue weighted by atomic mass is 9.83. The van der Waals surface area contributed by atoms with Crippen LogP contribution in [0.2, 0.25) is 0 Å². The van der Waals surface area contributed by atoms with E-state index in [1.54, 1.807) is 0 Å². The molecule has 0 amide bonds. The Morgan fingerprint density at radius 2 is 1.94 bits per heavy atom. The molecule has 0 radical (unpaired) electrons. The monoisotopic (exact) mass is 267 g/mol. The van der Waals surface area contributed by atoms with Crippen molar-refractivity contribution >= 4 is 21.6 Å². The van der Waals surface area contributed by atoms with Crippen LogP contribution < -0.4 is 4.72 Å². The molecule has 0 bridgehead atoms. The number of alkyl halides is 1. The van der Waals surface area contributed by atoms with Gasteiger partial charge in [-0.05, 0) is 25.2 Å². The van der Waals surface area contributed by atoms with Gasteiger partial charge in [-0.3, -0.25) is 0 Å². The van der Waals surface area contributed by atoms with Gasteiger partial charge < -0.3 is 0 Å². The van der Waals surface area contributed by atoms with E-state index < -0.39 is 10.0 Å². The van der Waals surface area contributed by atoms with E-state index in [4.69, 9.17) is 11.6 Å². The van der Waals surface area contributed by atoms with Gasteiger partial charge in [0.1, 0.15) is 0 Å². The maximum Gasteiger partial charge on any atom is 0.213 e. The predicted octanol–water partition coefficient (Wildman–Crippen LogP) is 2.50. The van der Waals surface area contributed by atoms with E-state index in [-0.39, 0.29) is 17.7 Å². The smallest absolute Gasteiger partial charge is 0.212 e. The lowest BCUT2D eigenvalue weighted by Crippen LogP contribution is -2.41. The third-order valence-corrected chi connectivity index (χ3v) is 5.15. The van der Waals surface area contributed by atoms with Gasteiger partial charge in [-0.15, -0.1) is 11.6 Å². The summed E-state index contributed by atoms with van der Waals surface area (Å²) in [5, 5.41) is 0. The molecule has 1 aliphatic rings. The molecule has 5 heteroatoms. The SMILES string of the molecule is CCC(NS(=O)(=O)CCCl)C1CCCCC1. The summed E-state index contributed by atoms with van der Waals surface area (Å²) in [5.74, 6) is 0.706. The summed E-state index contributed by atoms with van der Waals surface area (Å²) in [7, 11) is -3.17. The Bertz CT molecular complexity index is 286. The minimum absolute atomic E-state index is 0.0256. The highest BCUT2D eigenvalue weighted by Crippen LogP contribution is 2.28. The van der Waals surface area contributed by atoms with Crippen LogP contribution in [0.3, 0.4) is 0 Å². The van der Waals surface area contributed by atoms with Crippen molar-refractivity contribution in [2.24, 2.45) is 5.92 Å². The molecule has 1 N–H and O–H groups in total. The van der Waals surface area contributed by atoms with Crippen molar-refractivity contribution in [3.05, 3.63) is 0 Å². The highest BCUT2D eigenvalue weighted by molar-refractivity contribution is 7.89. The third kappa shape index (κ3) is 4.60. The first kappa shape index (κ1) is 14.3. The minimum Gasteiger partial charge on any atom is -0.212 e. The molecule has 1 aliphatic carbocycles. The maximum absolute atomic E-state index is 11.6. The fraction of sp³-hybridized carbons (Fsp3) is 1.00. The number of hydrogen-bond donors (Lipinski definition) is 1. The quantitative estimate of drug-likeness (QED) is 0.752. The molecule has 0 spiro atoms. The standard InChI is InChI=1S/C11H22ClNO2S/c1-2-11(10-6-4-3-5-7-10)13-16(14,15)9-8-12/h10-11,13H,2-9H2,1H3. The Hall–Kier alpha value is 0.200. The van der Waals surface area contributed by atoms with Crippen LogP contribution in [0.1, 0.15) is 45.4 Å². The van der Waals surface area contributed by atoms with Crippen LogP contribution >= 0.6 is 11.6 Å². The van der Waals surface area contributed by atoms with Crippen LogP contribution in [0.15, 0.2) is 0 Å². The molecule has 0 aromatic heterocycles. The van der Waals surface area contributed by atoms with Gasteiger partial charge in [0, 0.05) is 11.9 Å². The zero-order valence-corrected chi connectivity index (χ0v) is 11.5. The Labute approximate surface area is 104 Å². The molecule has 3 nitrogen and oxygen atoms in total. The normalized spacial score (nSPS) is 20.9. The first-order valence-electron chi connectivity index (χ1n) is 6.15. The minimum atomic E-state index is -3.17. The molecule has 1 unspecified atom stereocenters. The zero-order chi connectivity index (χ0) is 12.0. The van der Waals surface area contributed by atoms with Crippen LogP contribution in [-0.4, -0.2) is 26.1 Å². The van der Waals surface area contributed by atoms with Gasteiger partial charge in [-0.1, -0.05) is 26.2 Å². The number of rotatable bonds is 6. The van der Waals surface area contributed by atoms with Gasteiger partial charge in [0.25, 0.3) is 0 Å². The van der Waals surface area contributed by atoms with Gasteiger partial charge in [0.05, 0.1) is 5.75 Å². The molecule has 1 fully saturated rings. The van der Waals surface area contributed by atoms with Crippen LogP contribution in [0, 0.1) is 5.92 Å². The van der Waals surface area contributed by atoms with Crippen molar-refractivity contribution in [2.45, 2.75) is 51.5 Å². The Kier molecular flexibility index (Phi) is 6.08. The predicted molar refractivity (Wildman–Crippen MR) is 68.3 cm³/mol. The van der Waals surface area contributed by atoms with Gasteiger partial charge >= 0.3 is 0 Å². The molecule has 0 saturated heterocycles. The van der Waals surface area contributed by atoms with Gasteiger partial charge in [-0.2, -0.15) is 0 Å². The molecule has 96 valence electrons. The number of nitrogens with one attached hydrogen (secondary N) is 1. The Morgan fingerprint density at radius 3 is 2.44 bits per heavy atom. The highest BCUT2D eigenvalue weighted by Gasteiger charge is 2.25. The summed E-state index contributed by atoms with van der Waals surface area (Å²) in [4.78, 5) is 0. The summed E-state index contributed by atoms with van der Waals surface area (Å²) in [5.41, 5.74) is 0. The summed E-state index contributed by atoms with van der Waals surface area (Å²) in [6.45, 7) is 2.04. The van der Waals surface area contributed by atoms with Crippen molar-refractivity contribution in [3.63, 3.8) is 0 Å². The zero-order valence-electron chi connectivity index (χ0n) is 9.91. The topological polar surface area (TPSA) is 46.2 Å². The van der Waals surface area contributed by atoms with Crippen molar-refractivity contribution in [1.82, 2.24) is 4.72 Å². The average Bonchev–Trinajstić information content (AvgIpc) is 2.27. The lowest BCUT2D eigenvalue weighted by Gasteiger charge is -2.29. The highest BCUT2D eigenvalue weighted by atomic mass is 35.5. The van der Waals surface area contributed by atoms with Crippen LogP contribution in [0.25, 0.3) is 0 Å². The van der Waals surface area contributed by atoms with Crippen LogP contribution in [-0.2, 0) is 10.0 Å². The molecule has 0 heterocycles. The molecular formula is C11H22ClNO2S. The number of sulfonamides is 1. The van der Waals surface area contributed by atoms with E-state index in [1.165, 1.54) is 19.3 Å². The summed E-state index contributed by atoms with van der Waals surface area (Å²) >= 11 is 5.48. The lowest BCUT2D eigenvalue weighted by molar-refractivity contribution is 0.285. The Morgan fingerprint density at radius 1 is 1.31 bits per heavy atom. The largest absolute Gasteiger partial charge is 0.213 e. The van der Waals surface area contributed by atoms with Crippen molar-refractivity contribution in [2.75, 3.05) is 11.6 Å². The molecule has 16 heavy (non-hydrogen) atoms. The summed E-state index contributed by atoms with van der Waals surface area (Å²) in [6.07, 6.45) is 6.94. The summed E-state index contributed by atoms with van der Waals surface area (Å²) in [6, 6.07) is 0.105. The average molecular weight is 268 g/mol. The Balaban J connectivity index is 2.53. The molecule has 1 rings (SSSR count). The van der Waals surface area contributed by atoms with Crippen molar-refractivity contribution in [3.8, 4) is 0 Å². The fourth-order valence-corrected chi connectivity index (χ4v) is 4.19. The molecule has 0 aromatic rings. The van der Waals surface area contributed by atoms with Gasteiger partial charge in [0.2, 0.25) is 10.0 Å². The molecule has 0 aromatic carbocycles. The van der Waals surface area contributed by atoms with Crippen molar-refractivity contribution < 1.29 is 8.42 Å². The fourth-order valence-electron chi connectivity index (χ4n) is 2.44. The first-order chi connectivity index (χ1) is 7.59. The first-order valence-corrected chi connectivity index (χ1v) is 8.33. The number of halogens is 1. The summed E-state index contributed by atoms with van der Waals surface area (Å²) < 4.78 is 26.1. The third-order valence-electron chi connectivity index (χ3n) is 3.34. The van der Waals surface area contributed by atoms with E-state index in [2.05, 4.69) is 4.72 Å². The van der Waals surface area contributed by atoms with E-state index in [0.717, 1.165) is 19.3 Å². The second-order valence-corrected chi connectivity index (χ2v) is 6.79. The van der Waals surface area contributed by atoms with E-state index in [9.17, 15) is 8.42 Å². The molecule has 1 atom stereocenters. The molecule has 1 saturated carbocycles. The maximum atomic E-state index is 11.6. The van der Waals surface area contributed by atoms with Crippen LogP contribution in [0.5, 0.6) is 0 Å². The van der Waals surface area contributed by atoms with E-state index in [0.29, 0.717) is 5.92 Å². The van der Waals surface area contributed by atoms with Crippen molar-refractivity contribution in [1.29, 1.82) is 0 Å². The van der Waals surface area contributed by atoms with Crippen LogP contribution in [0.4, 0.5) is 0 Å². The van der Waals surface area contributed by atoms with E-state index >= 15 is 0 Å².